The molecular weight excluding hydrogens is 404 g/mol. The van der Waals surface area contributed by atoms with Crippen molar-refractivity contribution in [1.29, 1.82) is 0 Å². The maximum Gasteiger partial charge on any atom is 0.254 e. The van der Waals surface area contributed by atoms with Crippen LogP contribution in [0.2, 0.25) is 0 Å². The van der Waals surface area contributed by atoms with E-state index in [-0.39, 0.29) is 11.8 Å². The minimum absolute atomic E-state index is 0.00174. The number of carbonyl (C=O) groups excluding carboxylic acids is 2. The van der Waals surface area contributed by atoms with Crippen molar-refractivity contribution >= 4 is 17.5 Å². The first kappa shape index (κ1) is 20.3. The SMILES string of the molecule is COc1cccc(-c2cc3n(n2)CCCN(C(=O)c2ccc(N4CCCC4=O)cc2)C3)c1. The summed E-state index contributed by atoms with van der Waals surface area (Å²) in [4.78, 5) is 28.9. The van der Waals surface area contributed by atoms with E-state index in [1.54, 1.807) is 12.0 Å². The fourth-order valence-corrected chi connectivity index (χ4v) is 4.45. The average molecular weight is 431 g/mol. The van der Waals surface area contributed by atoms with E-state index in [1.807, 2.05) is 58.1 Å². The first-order chi connectivity index (χ1) is 15.6. The monoisotopic (exact) mass is 430 g/mol. The summed E-state index contributed by atoms with van der Waals surface area (Å²) in [6.07, 6.45) is 2.33. The summed E-state index contributed by atoms with van der Waals surface area (Å²) >= 11 is 0. The van der Waals surface area contributed by atoms with E-state index in [4.69, 9.17) is 9.84 Å². The summed E-state index contributed by atoms with van der Waals surface area (Å²) in [5.41, 5.74) is 4.40. The van der Waals surface area contributed by atoms with Gasteiger partial charge in [-0.25, -0.2) is 0 Å². The van der Waals surface area contributed by atoms with E-state index >= 15 is 0 Å². The van der Waals surface area contributed by atoms with Gasteiger partial charge in [-0.15, -0.1) is 0 Å². The topological polar surface area (TPSA) is 67.7 Å². The molecule has 2 aliphatic heterocycles. The number of nitrogens with zero attached hydrogens (tertiary/aromatic N) is 4. The predicted octanol–water partition coefficient (Wildman–Crippen LogP) is 3.73. The van der Waals surface area contributed by atoms with Crippen molar-refractivity contribution < 1.29 is 14.3 Å². The Morgan fingerprint density at radius 3 is 2.59 bits per heavy atom. The Bertz CT molecular complexity index is 1150. The van der Waals surface area contributed by atoms with Crippen LogP contribution in [-0.4, -0.2) is 46.7 Å². The number of rotatable bonds is 4. The molecule has 1 saturated heterocycles. The average Bonchev–Trinajstić information content (AvgIpc) is 3.39. The molecule has 0 saturated carbocycles. The first-order valence-corrected chi connectivity index (χ1v) is 11.0. The summed E-state index contributed by atoms with van der Waals surface area (Å²) in [5.74, 6) is 0.945. The van der Waals surface area contributed by atoms with Crippen molar-refractivity contribution in [2.24, 2.45) is 0 Å². The van der Waals surface area contributed by atoms with E-state index < -0.39 is 0 Å². The highest BCUT2D eigenvalue weighted by Crippen LogP contribution is 2.26. The third kappa shape index (κ3) is 3.86. The summed E-state index contributed by atoms with van der Waals surface area (Å²) in [6.45, 7) is 2.72. The van der Waals surface area contributed by atoms with Crippen LogP contribution in [-0.2, 0) is 17.9 Å². The number of carbonyl (C=O) groups is 2. The lowest BCUT2D eigenvalue weighted by atomic mass is 10.1. The quantitative estimate of drug-likeness (QED) is 0.633. The first-order valence-electron chi connectivity index (χ1n) is 11.0. The summed E-state index contributed by atoms with van der Waals surface area (Å²) in [5, 5.41) is 4.77. The molecule has 0 spiro atoms. The molecule has 0 bridgehead atoms. The second kappa shape index (κ2) is 8.49. The van der Waals surface area contributed by atoms with Gasteiger partial charge < -0.3 is 14.5 Å². The van der Waals surface area contributed by atoms with Crippen LogP contribution in [0.3, 0.4) is 0 Å². The summed E-state index contributed by atoms with van der Waals surface area (Å²) in [6, 6.07) is 17.3. The van der Waals surface area contributed by atoms with Crippen molar-refractivity contribution in [3.05, 3.63) is 65.9 Å². The van der Waals surface area contributed by atoms with Crippen molar-refractivity contribution in [3.8, 4) is 17.0 Å². The third-order valence-electron chi connectivity index (χ3n) is 6.17. The van der Waals surface area contributed by atoms with Gasteiger partial charge in [-0.1, -0.05) is 12.1 Å². The van der Waals surface area contributed by atoms with Crippen LogP contribution in [0.25, 0.3) is 11.3 Å². The lowest BCUT2D eigenvalue weighted by Crippen LogP contribution is -2.30. The van der Waals surface area contributed by atoms with Gasteiger partial charge >= 0.3 is 0 Å². The molecule has 3 aromatic rings. The second-order valence-corrected chi connectivity index (χ2v) is 8.25. The van der Waals surface area contributed by atoms with Gasteiger partial charge in [0.25, 0.3) is 5.91 Å². The Morgan fingerprint density at radius 1 is 1.00 bits per heavy atom. The molecule has 164 valence electrons. The van der Waals surface area contributed by atoms with Crippen LogP contribution in [0, 0.1) is 0 Å². The van der Waals surface area contributed by atoms with Gasteiger partial charge in [0, 0.05) is 42.9 Å². The van der Waals surface area contributed by atoms with Crippen LogP contribution in [0.4, 0.5) is 5.69 Å². The minimum atomic E-state index is 0.00174. The lowest BCUT2D eigenvalue weighted by Gasteiger charge is -2.21. The molecule has 0 unspecified atom stereocenters. The predicted molar refractivity (Wildman–Crippen MR) is 122 cm³/mol. The number of hydrogen-bond donors (Lipinski definition) is 0. The van der Waals surface area contributed by atoms with E-state index in [0.29, 0.717) is 25.1 Å². The van der Waals surface area contributed by atoms with E-state index in [0.717, 1.165) is 54.3 Å². The number of ether oxygens (including phenoxy) is 1. The Labute approximate surface area is 187 Å². The molecule has 0 atom stereocenters. The van der Waals surface area contributed by atoms with Crippen LogP contribution >= 0.6 is 0 Å². The molecule has 2 amide bonds. The zero-order valence-corrected chi connectivity index (χ0v) is 18.2. The van der Waals surface area contributed by atoms with E-state index in [9.17, 15) is 9.59 Å². The van der Waals surface area contributed by atoms with E-state index in [1.165, 1.54) is 0 Å². The molecule has 32 heavy (non-hydrogen) atoms. The fourth-order valence-electron chi connectivity index (χ4n) is 4.45. The molecule has 5 rings (SSSR count). The smallest absolute Gasteiger partial charge is 0.254 e. The third-order valence-corrected chi connectivity index (χ3v) is 6.17. The van der Waals surface area contributed by atoms with Crippen molar-refractivity contribution in [2.45, 2.75) is 32.4 Å². The molecule has 0 N–H and O–H groups in total. The molecule has 0 aliphatic carbocycles. The number of fused-ring (bicyclic) bond motifs is 1. The largest absolute Gasteiger partial charge is 0.497 e. The molecule has 0 radical (unpaired) electrons. The molecule has 1 fully saturated rings. The summed E-state index contributed by atoms with van der Waals surface area (Å²) < 4.78 is 7.34. The normalized spacial score (nSPS) is 16.1. The number of anilines is 1. The van der Waals surface area contributed by atoms with Crippen LogP contribution in [0.15, 0.2) is 54.6 Å². The summed E-state index contributed by atoms with van der Waals surface area (Å²) in [7, 11) is 1.65. The molecule has 7 heteroatoms. The highest BCUT2D eigenvalue weighted by molar-refractivity contribution is 5.97. The Morgan fingerprint density at radius 2 is 1.84 bits per heavy atom. The Kier molecular flexibility index (Phi) is 5.39. The maximum absolute atomic E-state index is 13.2. The van der Waals surface area contributed by atoms with Gasteiger partial charge in [0.05, 0.1) is 25.0 Å². The lowest BCUT2D eigenvalue weighted by molar-refractivity contribution is -0.117. The molecule has 7 nitrogen and oxygen atoms in total. The molecule has 3 heterocycles. The van der Waals surface area contributed by atoms with Gasteiger partial charge in [0.15, 0.2) is 0 Å². The van der Waals surface area contributed by atoms with Gasteiger partial charge in [-0.3, -0.25) is 14.3 Å². The number of aryl methyl sites for hydroxylation is 1. The number of benzene rings is 2. The van der Waals surface area contributed by atoms with Crippen LogP contribution < -0.4 is 9.64 Å². The number of aromatic nitrogens is 2. The van der Waals surface area contributed by atoms with E-state index in [2.05, 4.69) is 6.07 Å². The van der Waals surface area contributed by atoms with Gasteiger partial charge in [0.2, 0.25) is 5.91 Å². The number of hydrogen-bond acceptors (Lipinski definition) is 4. The zero-order valence-electron chi connectivity index (χ0n) is 18.2. The van der Waals surface area contributed by atoms with Crippen molar-refractivity contribution in [1.82, 2.24) is 14.7 Å². The van der Waals surface area contributed by atoms with Gasteiger partial charge in [0.1, 0.15) is 5.75 Å². The highest BCUT2D eigenvalue weighted by Gasteiger charge is 2.24. The number of methoxy groups -OCH3 is 1. The van der Waals surface area contributed by atoms with Crippen molar-refractivity contribution in [3.63, 3.8) is 0 Å². The van der Waals surface area contributed by atoms with Crippen LogP contribution in [0.5, 0.6) is 5.75 Å². The fraction of sp³-hybridized carbons (Fsp3) is 0.320. The van der Waals surface area contributed by atoms with Gasteiger partial charge in [-0.2, -0.15) is 5.10 Å². The Hall–Kier alpha value is -3.61. The molecule has 1 aromatic heterocycles. The Balaban J connectivity index is 1.34. The zero-order chi connectivity index (χ0) is 22.1. The highest BCUT2D eigenvalue weighted by atomic mass is 16.5. The molecule has 2 aliphatic rings. The maximum atomic E-state index is 13.2. The standard InChI is InChI=1S/C25H26N4O3/c1-32-22-6-2-5-19(15-22)23-16-21-17-27(12-4-14-29(21)26-23)25(31)18-8-10-20(11-9-18)28-13-3-7-24(28)30/h2,5-6,8-11,15-16H,3-4,7,12-14,17H2,1H3. The van der Waals surface area contributed by atoms with Crippen LogP contribution in [0.1, 0.15) is 35.3 Å². The molecule has 2 aromatic carbocycles. The minimum Gasteiger partial charge on any atom is -0.497 e. The number of amides is 2. The second-order valence-electron chi connectivity index (χ2n) is 8.25. The van der Waals surface area contributed by atoms with Gasteiger partial charge in [-0.05, 0) is 55.3 Å². The molecular formula is C25H26N4O3. The van der Waals surface area contributed by atoms with Crippen molar-refractivity contribution in [2.75, 3.05) is 25.1 Å².